The van der Waals surface area contributed by atoms with Gasteiger partial charge in [-0.05, 0) is 62.2 Å². The Morgan fingerprint density at radius 3 is 2.79 bits per heavy atom. The number of hydrogen-bond acceptors (Lipinski definition) is 4. The van der Waals surface area contributed by atoms with Gasteiger partial charge in [-0.15, -0.1) is 0 Å². The van der Waals surface area contributed by atoms with Gasteiger partial charge in [-0.1, -0.05) is 23.5 Å². The highest BCUT2D eigenvalue weighted by molar-refractivity contribution is 7.16. The summed E-state index contributed by atoms with van der Waals surface area (Å²) < 4.78 is 15.7. The lowest BCUT2D eigenvalue weighted by Crippen LogP contribution is -2.40. The summed E-state index contributed by atoms with van der Waals surface area (Å²) in [6.45, 7) is 4.92. The summed E-state index contributed by atoms with van der Waals surface area (Å²) in [6, 6.07) is 12.2. The molecule has 0 spiro atoms. The number of hydrogen-bond donors (Lipinski definition) is 1. The molecule has 152 valence electrons. The Kier molecular flexibility index (Phi) is 5.78. The number of benzene rings is 2. The van der Waals surface area contributed by atoms with Crippen LogP contribution < -0.4 is 10.2 Å². The van der Waals surface area contributed by atoms with Gasteiger partial charge in [0.25, 0.3) is 0 Å². The van der Waals surface area contributed by atoms with Crippen LogP contribution in [0, 0.1) is 11.7 Å². The van der Waals surface area contributed by atoms with Crippen molar-refractivity contribution in [2.24, 2.45) is 5.92 Å². The minimum absolute atomic E-state index is 0.00965. The summed E-state index contributed by atoms with van der Waals surface area (Å²) in [6.07, 6.45) is 1.81. The number of halogens is 1. The predicted molar refractivity (Wildman–Crippen MR) is 115 cm³/mol. The first kappa shape index (κ1) is 19.8. The smallest absolute Gasteiger partial charge is 0.308 e. The van der Waals surface area contributed by atoms with E-state index in [9.17, 15) is 14.0 Å². The lowest BCUT2D eigenvalue weighted by Gasteiger charge is -2.32. The molecule has 29 heavy (non-hydrogen) atoms. The highest BCUT2D eigenvalue weighted by Gasteiger charge is 2.26. The molecule has 5 nitrogen and oxygen atoms in total. The number of thiazole rings is 1. The molecule has 2 aromatic carbocycles. The van der Waals surface area contributed by atoms with Crippen LogP contribution in [-0.2, 0) is 17.9 Å². The molecular formula is C22H24FN3O2S. The Balaban J connectivity index is 1.41. The predicted octanol–water partition coefficient (Wildman–Crippen LogP) is 4.07. The van der Waals surface area contributed by atoms with Crippen molar-refractivity contribution in [3.05, 3.63) is 63.5 Å². The van der Waals surface area contributed by atoms with Crippen LogP contribution in [0.4, 0.5) is 10.1 Å². The molecule has 7 heteroatoms. The Labute approximate surface area is 172 Å². The maximum Gasteiger partial charge on any atom is 0.308 e. The second-order valence-corrected chi connectivity index (χ2v) is 8.48. The molecule has 1 saturated heterocycles. The second-order valence-electron chi connectivity index (χ2n) is 7.48. The van der Waals surface area contributed by atoms with Crippen molar-refractivity contribution >= 4 is 33.1 Å². The first-order valence-electron chi connectivity index (χ1n) is 9.94. The fourth-order valence-corrected chi connectivity index (χ4v) is 4.94. The van der Waals surface area contributed by atoms with Crippen LogP contribution in [0.15, 0.2) is 47.3 Å². The number of anilines is 1. The van der Waals surface area contributed by atoms with Gasteiger partial charge in [0.05, 0.1) is 16.1 Å². The zero-order chi connectivity index (χ0) is 20.4. The van der Waals surface area contributed by atoms with Gasteiger partial charge in [-0.2, -0.15) is 0 Å². The van der Waals surface area contributed by atoms with Crippen molar-refractivity contribution in [2.75, 3.05) is 18.4 Å². The molecule has 0 bridgehead atoms. The average Bonchev–Trinajstić information content (AvgIpc) is 3.04. The van der Waals surface area contributed by atoms with E-state index in [2.05, 4.69) is 10.2 Å². The quantitative estimate of drug-likeness (QED) is 0.686. The van der Waals surface area contributed by atoms with Crippen molar-refractivity contribution in [2.45, 2.75) is 32.9 Å². The van der Waals surface area contributed by atoms with Crippen LogP contribution in [0.1, 0.15) is 25.3 Å². The summed E-state index contributed by atoms with van der Waals surface area (Å²) in [5.74, 6) is -0.310. The first-order chi connectivity index (χ1) is 14.0. The molecule has 1 N–H and O–H groups in total. The Hall–Kier alpha value is -2.51. The summed E-state index contributed by atoms with van der Waals surface area (Å²) in [7, 11) is 0. The lowest BCUT2D eigenvalue weighted by atomic mass is 9.96. The van der Waals surface area contributed by atoms with Crippen molar-refractivity contribution < 1.29 is 9.18 Å². The monoisotopic (exact) mass is 413 g/mol. The number of likely N-dealkylation sites (tertiary alicyclic amines) is 1. The van der Waals surface area contributed by atoms with E-state index in [1.165, 1.54) is 23.5 Å². The van der Waals surface area contributed by atoms with Gasteiger partial charge >= 0.3 is 4.87 Å². The van der Waals surface area contributed by atoms with Gasteiger partial charge < -0.3 is 5.32 Å². The zero-order valence-electron chi connectivity index (χ0n) is 16.4. The van der Waals surface area contributed by atoms with E-state index >= 15 is 0 Å². The third-order valence-corrected chi connectivity index (χ3v) is 6.39. The molecule has 0 unspecified atom stereocenters. The highest BCUT2D eigenvalue weighted by atomic mass is 32.1. The summed E-state index contributed by atoms with van der Waals surface area (Å²) in [4.78, 5) is 27.1. The van der Waals surface area contributed by atoms with Gasteiger partial charge in [-0.3, -0.25) is 19.1 Å². The molecule has 2 heterocycles. The molecule has 1 fully saturated rings. The second kappa shape index (κ2) is 8.47. The van der Waals surface area contributed by atoms with E-state index in [4.69, 9.17) is 0 Å². The maximum atomic E-state index is 13.1. The topological polar surface area (TPSA) is 54.3 Å². The maximum absolute atomic E-state index is 13.1. The largest absolute Gasteiger partial charge is 0.326 e. The van der Waals surface area contributed by atoms with E-state index in [1.807, 2.05) is 25.1 Å². The summed E-state index contributed by atoms with van der Waals surface area (Å²) >= 11 is 1.20. The highest BCUT2D eigenvalue weighted by Crippen LogP contribution is 2.24. The molecule has 1 aliphatic heterocycles. The molecule has 0 radical (unpaired) electrons. The number of rotatable bonds is 5. The van der Waals surface area contributed by atoms with Crippen LogP contribution in [0.25, 0.3) is 10.2 Å². The molecule has 0 aliphatic carbocycles. The van der Waals surface area contributed by atoms with E-state index in [0.29, 0.717) is 19.6 Å². The van der Waals surface area contributed by atoms with Crippen LogP contribution in [0.3, 0.4) is 0 Å². The average molecular weight is 414 g/mol. The van der Waals surface area contributed by atoms with Gasteiger partial charge in [0.1, 0.15) is 5.82 Å². The molecular weight excluding hydrogens is 389 g/mol. The van der Waals surface area contributed by atoms with Gasteiger partial charge in [0, 0.05) is 25.3 Å². The normalized spacial score (nSPS) is 17.5. The van der Waals surface area contributed by atoms with Gasteiger partial charge in [0.2, 0.25) is 5.91 Å². The fraction of sp³-hybridized carbons (Fsp3) is 0.364. The van der Waals surface area contributed by atoms with E-state index in [-0.39, 0.29) is 22.5 Å². The first-order valence-corrected chi connectivity index (χ1v) is 10.8. The third-order valence-electron chi connectivity index (χ3n) is 5.45. The van der Waals surface area contributed by atoms with Crippen LogP contribution in [-0.4, -0.2) is 28.5 Å². The summed E-state index contributed by atoms with van der Waals surface area (Å²) in [5.41, 5.74) is 2.68. The molecule has 3 aromatic rings. The minimum Gasteiger partial charge on any atom is -0.326 e. The van der Waals surface area contributed by atoms with E-state index < -0.39 is 0 Å². The van der Waals surface area contributed by atoms with Crippen molar-refractivity contribution in [1.29, 1.82) is 0 Å². The van der Waals surface area contributed by atoms with Gasteiger partial charge in [0.15, 0.2) is 0 Å². The number of nitrogens with one attached hydrogen (secondary N) is 1. The lowest BCUT2D eigenvalue weighted by molar-refractivity contribution is -0.121. The fourth-order valence-electron chi connectivity index (χ4n) is 3.95. The minimum atomic E-state index is -0.235. The molecule has 0 saturated carbocycles. The van der Waals surface area contributed by atoms with Crippen LogP contribution in [0.5, 0.6) is 0 Å². The van der Waals surface area contributed by atoms with E-state index in [1.54, 1.807) is 16.7 Å². The number of aromatic nitrogens is 1. The van der Waals surface area contributed by atoms with Crippen LogP contribution in [0.2, 0.25) is 0 Å². The molecule has 4 rings (SSSR count). The third kappa shape index (κ3) is 4.41. The molecule has 1 aromatic heterocycles. The van der Waals surface area contributed by atoms with Crippen molar-refractivity contribution in [3.8, 4) is 0 Å². The number of amides is 1. The number of piperidine rings is 1. The zero-order valence-corrected chi connectivity index (χ0v) is 17.2. The SMILES string of the molecule is CCn1c(=O)sc2cc(NC(=O)[C@@H]3CCCN(Cc4ccc(F)cc4)C3)ccc21. The molecule has 1 atom stereocenters. The van der Waals surface area contributed by atoms with E-state index in [0.717, 1.165) is 40.9 Å². The number of carbonyl (C=O) groups excluding carboxylic acids is 1. The molecule has 1 amide bonds. The Bertz CT molecular complexity index is 1070. The number of nitrogens with zero attached hydrogens (tertiary/aromatic N) is 2. The standard InChI is InChI=1S/C22H24FN3O2S/c1-2-26-19-10-9-18(12-20(19)29-22(26)28)24-21(27)16-4-3-11-25(14-16)13-15-5-7-17(23)8-6-15/h5-10,12,16H,2-4,11,13-14H2,1H3,(H,24,27)/t16-/m1/s1. The Morgan fingerprint density at radius 1 is 1.24 bits per heavy atom. The Morgan fingerprint density at radius 2 is 2.03 bits per heavy atom. The van der Waals surface area contributed by atoms with Gasteiger partial charge in [-0.25, -0.2) is 4.39 Å². The number of carbonyl (C=O) groups is 1. The summed E-state index contributed by atoms with van der Waals surface area (Å²) in [5, 5.41) is 3.02. The number of aryl methyl sites for hydroxylation is 1. The van der Waals surface area contributed by atoms with Crippen molar-refractivity contribution in [3.63, 3.8) is 0 Å². The van der Waals surface area contributed by atoms with Crippen LogP contribution >= 0.6 is 11.3 Å². The number of fused-ring (bicyclic) bond motifs is 1. The molecule has 1 aliphatic rings. The van der Waals surface area contributed by atoms with Crippen molar-refractivity contribution in [1.82, 2.24) is 9.47 Å².